The first-order valence-electron chi connectivity index (χ1n) is 8.74. The molecule has 114 valence electrons. The van der Waals surface area contributed by atoms with Gasteiger partial charge >= 0.3 is 0 Å². The molecule has 2 nitrogen and oxygen atoms in total. The molecule has 0 heterocycles. The lowest BCUT2D eigenvalue weighted by Crippen LogP contribution is -2.48. The summed E-state index contributed by atoms with van der Waals surface area (Å²) in [5, 5.41) is 14.4. The minimum atomic E-state index is -0.437. The molecule has 0 aromatic heterocycles. The summed E-state index contributed by atoms with van der Waals surface area (Å²) in [7, 11) is 0. The summed E-state index contributed by atoms with van der Waals surface area (Å²) in [5.41, 5.74) is -0.437. The molecule has 3 aliphatic rings. The van der Waals surface area contributed by atoms with E-state index in [1.54, 1.807) is 0 Å². The Morgan fingerprint density at radius 3 is 2.55 bits per heavy atom. The average molecular weight is 277 g/mol. The van der Waals surface area contributed by atoms with E-state index in [9.17, 15) is 5.11 Å². The molecule has 4 unspecified atom stereocenters. The van der Waals surface area contributed by atoms with Crippen LogP contribution < -0.4 is 5.32 Å². The molecule has 3 aliphatic carbocycles. The third-order valence-corrected chi connectivity index (χ3v) is 6.34. The second-order valence-corrected chi connectivity index (χ2v) is 7.69. The van der Waals surface area contributed by atoms with Crippen LogP contribution in [0.25, 0.3) is 0 Å². The van der Waals surface area contributed by atoms with Gasteiger partial charge < -0.3 is 10.4 Å². The number of rotatable bonds is 5. The first-order valence-corrected chi connectivity index (χ1v) is 8.74. The molecule has 2 saturated carbocycles. The second kappa shape index (κ2) is 5.81. The van der Waals surface area contributed by atoms with Crippen LogP contribution >= 0.6 is 0 Å². The SMILES string of the molecule is CCC1CCC(O)(CNC(C)C2CC3C=CC2C3)CC1. The van der Waals surface area contributed by atoms with Gasteiger partial charge in [0.2, 0.25) is 0 Å². The van der Waals surface area contributed by atoms with Gasteiger partial charge in [-0.25, -0.2) is 0 Å². The fraction of sp³-hybridized carbons (Fsp3) is 0.889. The van der Waals surface area contributed by atoms with Gasteiger partial charge in [-0.05, 0) is 69.1 Å². The van der Waals surface area contributed by atoms with Crippen molar-refractivity contribution < 1.29 is 5.11 Å². The van der Waals surface area contributed by atoms with Gasteiger partial charge in [0.25, 0.3) is 0 Å². The second-order valence-electron chi connectivity index (χ2n) is 7.69. The standard InChI is InChI=1S/C18H31NO/c1-3-14-6-8-18(20,9-7-14)12-19-13(2)17-11-15-4-5-16(17)10-15/h4-5,13-17,19-20H,3,6-12H2,1-2H3. The molecule has 2 N–H and O–H groups in total. The number of allylic oxidation sites excluding steroid dienone is 2. The minimum absolute atomic E-state index is 0.437. The van der Waals surface area contributed by atoms with Crippen molar-refractivity contribution in [3.8, 4) is 0 Å². The van der Waals surface area contributed by atoms with Crippen LogP contribution in [-0.4, -0.2) is 23.3 Å². The summed E-state index contributed by atoms with van der Waals surface area (Å²) in [6.07, 6.45) is 13.2. The highest BCUT2D eigenvalue weighted by molar-refractivity contribution is 5.11. The van der Waals surface area contributed by atoms with Crippen LogP contribution in [0.3, 0.4) is 0 Å². The van der Waals surface area contributed by atoms with Crippen molar-refractivity contribution in [2.75, 3.05) is 6.54 Å². The van der Waals surface area contributed by atoms with Gasteiger partial charge in [-0.3, -0.25) is 0 Å². The van der Waals surface area contributed by atoms with Gasteiger partial charge in [0.1, 0.15) is 0 Å². The van der Waals surface area contributed by atoms with E-state index in [1.165, 1.54) is 32.1 Å². The molecule has 0 aliphatic heterocycles. The van der Waals surface area contributed by atoms with Crippen LogP contribution in [0, 0.1) is 23.7 Å². The van der Waals surface area contributed by atoms with Crippen molar-refractivity contribution in [3.05, 3.63) is 12.2 Å². The Bertz CT molecular complexity index is 356. The highest BCUT2D eigenvalue weighted by Gasteiger charge is 2.39. The number of nitrogens with one attached hydrogen (secondary N) is 1. The zero-order valence-electron chi connectivity index (χ0n) is 13.1. The monoisotopic (exact) mass is 277 g/mol. The number of aliphatic hydroxyl groups is 1. The van der Waals surface area contributed by atoms with E-state index >= 15 is 0 Å². The van der Waals surface area contributed by atoms with E-state index in [2.05, 4.69) is 31.3 Å². The van der Waals surface area contributed by atoms with E-state index in [0.717, 1.165) is 43.1 Å². The Morgan fingerprint density at radius 2 is 2.00 bits per heavy atom. The molecular formula is C18H31NO. The Labute approximate surface area is 124 Å². The fourth-order valence-electron chi connectivity index (χ4n) is 4.70. The van der Waals surface area contributed by atoms with Crippen molar-refractivity contribution in [2.45, 2.75) is 70.4 Å². The van der Waals surface area contributed by atoms with Gasteiger partial charge in [-0.15, -0.1) is 0 Å². The molecule has 0 aromatic carbocycles. The van der Waals surface area contributed by atoms with Crippen molar-refractivity contribution in [1.29, 1.82) is 0 Å². The van der Waals surface area contributed by atoms with Crippen LogP contribution in [0.4, 0.5) is 0 Å². The molecule has 4 atom stereocenters. The predicted octanol–water partition coefficient (Wildman–Crippen LogP) is 3.51. The first-order chi connectivity index (χ1) is 9.59. The van der Waals surface area contributed by atoms with Crippen molar-refractivity contribution in [1.82, 2.24) is 5.32 Å². The van der Waals surface area contributed by atoms with E-state index in [1.807, 2.05) is 0 Å². The maximum absolute atomic E-state index is 10.7. The maximum atomic E-state index is 10.7. The van der Waals surface area contributed by atoms with Crippen molar-refractivity contribution in [3.63, 3.8) is 0 Å². The smallest absolute Gasteiger partial charge is 0.0771 e. The van der Waals surface area contributed by atoms with Gasteiger partial charge in [-0.1, -0.05) is 25.5 Å². The molecule has 3 rings (SSSR count). The summed E-state index contributed by atoms with van der Waals surface area (Å²) in [5.74, 6) is 3.29. The van der Waals surface area contributed by atoms with E-state index in [4.69, 9.17) is 0 Å². The van der Waals surface area contributed by atoms with Crippen LogP contribution in [-0.2, 0) is 0 Å². The average Bonchev–Trinajstić information content (AvgIpc) is 3.08. The molecule has 20 heavy (non-hydrogen) atoms. The van der Waals surface area contributed by atoms with Crippen molar-refractivity contribution in [2.24, 2.45) is 23.7 Å². The van der Waals surface area contributed by atoms with Gasteiger partial charge in [0, 0.05) is 12.6 Å². The topological polar surface area (TPSA) is 32.3 Å². The predicted molar refractivity (Wildman–Crippen MR) is 83.5 cm³/mol. The van der Waals surface area contributed by atoms with E-state index in [-0.39, 0.29) is 0 Å². The summed E-state index contributed by atoms with van der Waals surface area (Å²) in [6.45, 7) is 5.39. The van der Waals surface area contributed by atoms with Crippen LogP contribution in [0.2, 0.25) is 0 Å². The maximum Gasteiger partial charge on any atom is 0.0771 e. The molecule has 0 amide bonds. The molecule has 2 fully saturated rings. The first kappa shape index (κ1) is 14.6. The third kappa shape index (κ3) is 2.96. The van der Waals surface area contributed by atoms with Gasteiger partial charge in [-0.2, -0.15) is 0 Å². The fourth-order valence-corrected chi connectivity index (χ4v) is 4.70. The Morgan fingerprint density at radius 1 is 1.25 bits per heavy atom. The number of fused-ring (bicyclic) bond motifs is 2. The largest absolute Gasteiger partial charge is 0.389 e. The Kier molecular flexibility index (Phi) is 4.24. The minimum Gasteiger partial charge on any atom is -0.389 e. The molecule has 0 aromatic rings. The lowest BCUT2D eigenvalue weighted by Gasteiger charge is -2.38. The highest BCUT2D eigenvalue weighted by atomic mass is 16.3. The molecule has 0 spiro atoms. The Hall–Kier alpha value is -0.340. The summed E-state index contributed by atoms with van der Waals surface area (Å²) < 4.78 is 0. The molecule has 2 bridgehead atoms. The highest BCUT2D eigenvalue weighted by Crippen LogP contribution is 2.45. The molecule has 0 radical (unpaired) electrons. The summed E-state index contributed by atoms with van der Waals surface area (Å²) in [4.78, 5) is 0. The van der Waals surface area contributed by atoms with Crippen LogP contribution in [0.1, 0.15) is 58.8 Å². The number of hydrogen-bond donors (Lipinski definition) is 2. The van der Waals surface area contributed by atoms with Crippen LogP contribution in [0.5, 0.6) is 0 Å². The normalized spacial score (nSPS) is 45.0. The quantitative estimate of drug-likeness (QED) is 0.754. The summed E-state index contributed by atoms with van der Waals surface area (Å²) in [6, 6.07) is 0.544. The molecule has 2 heteroatoms. The van der Waals surface area contributed by atoms with E-state index in [0.29, 0.717) is 6.04 Å². The Balaban J connectivity index is 1.46. The zero-order chi connectivity index (χ0) is 14.2. The number of hydrogen-bond acceptors (Lipinski definition) is 2. The van der Waals surface area contributed by atoms with E-state index < -0.39 is 5.60 Å². The van der Waals surface area contributed by atoms with Crippen LogP contribution in [0.15, 0.2) is 12.2 Å². The lowest BCUT2D eigenvalue weighted by atomic mass is 9.77. The molecular weight excluding hydrogens is 246 g/mol. The van der Waals surface area contributed by atoms with Gasteiger partial charge in [0.05, 0.1) is 5.60 Å². The third-order valence-electron chi connectivity index (χ3n) is 6.34. The summed E-state index contributed by atoms with van der Waals surface area (Å²) >= 11 is 0. The molecule has 0 saturated heterocycles. The van der Waals surface area contributed by atoms with Gasteiger partial charge in [0.15, 0.2) is 0 Å². The van der Waals surface area contributed by atoms with Crippen molar-refractivity contribution >= 4 is 0 Å². The zero-order valence-corrected chi connectivity index (χ0v) is 13.1. The lowest BCUT2D eigenvalue weighted by molar-refractivity contribution is -0.0119.